The van der Waals surface area contributed by atoms with Crippen LogP contribution in [0.3, 0.4) is 0 Å². The summed E-state index contributed by atoms with van der Waals surface area (Å²) in [5.41, 5.74) is 5.66. The number of primary amides is 1. The minimum absolute atomic E-state index is 0.0357. The summed E-state index contributed by atoms with van der Waals surface area (Å²) < 4.78 is 5.39. The number of carbonyl (C=O) groups excluding carboxylic acids is 1. The predicted octanol–water partition coefficient (Wildman–Crippen LogP) is -0.168. The van der Waals surface area contributed by atoms with Crippen LogP contribution in [0.5, 0.6) is 5.88 Å². The van der Waals surface area contributed by atoms with Gasteiger partial charge in [-0.2, -0.15) is 4.98 Å². The third-order valence-corrected chi connectivity index (χ3v) is 2.07. The molecule has 4 N–H and O–H groups in total. The number of aromatic nitrogens is 2. The van der Waals surface area contributed by atoms with Crippen molar-refractivity contribution < 1.29 is 14.6 Å². The Bertz CT molecular complexity index is 411. The number of rotatable bonds is 7. The molecule has 1 atom stereocenters. The van der Waals surface area contributed by atoms with Crippen LogP contribution in [0.25, 0.3) is 0 Å². The van der Waals surface area contributed by atoms with E-state index in [1.54, 1.807) is 13.0 Å². The van der Waals surface area contributed by atoms with Crippen LogP contribution in [0.4, 0.5) is 5.95 Å². The Morgan fingerprint density at radius 3 is 2.94 bits per heavy atom. The van der Waals surface area contributed by atoms with Crippen LogP contribution in [0.15, 0.2) is 6.07 Å². The number of aliphatic hydroxyl groups excluding tert-OH is 1. The second-order valence-corrected chi connectivity index (χ2v) is 3.82. The van der Waals surface area contributed by atoms with Gasteiger partial charge in [0.25, 0.3) is 0 Å². The van der Waals surface area contributed by atoms with E-state index in [9.17, 15) is 9.90 Å². The number of amides is 1. The second kappa shape index (κ2) is 6.75. The van der Waals surface area contributed by atoms with Gasteiger partial charge in [-0.05, 0) is 13.3 Å². The number of nitrogens with zero attached hydrogens (tertiary/aromatic N) is 2. The Kier molecular flexibility index (Phi) is 5.31. The predicted molar refractivity (Wildman–Crippen MR) is 66.2 cm³/mol. The van der Waals surface area contributed by atoms with Crippen LogP contribution in [0, 0.1) is 6.92 Å². The molecule has 1 unspecified atom stereocenters. The summed E-state index contributed by atoms with van der Waals surface area (Å²) in [5, 5.41) is 12.0. The highest BCUT2D eigenvalue weighted by Crippen LogP contribution is 2.12. The number of hydrogen-bond acceptors (Lipinski definition) is 6. The molecule has 100 valence electrons. The number of carbonyl (C=O) groups is 1. The Balaban J connectivity index is 2.64. The first kappa shape index (κ1) is 14.2. The molecular weight excluding hydrogens is 236 g/mol. The lowest BCUT2D eigenvalue weighted by Crippen LogP contribution is -2.34. The zero-order valence-electron chi connectivity index (χ0n) is 10.5. The summed E-state index contributed by atoms with van der Waals surface area (Å²) in [6, 6.07) is 1.71. The lowest BCUT2D eigenvalue weighted by atomic mass is 10.3. The largest absolute Gasteiger partial charge is 0.478 e. The molecule has 0 aliphatic rings. The smallest absolute Gasteiger partial charge is 0.248 e. The number of aryl methyl sites for hydroxylation is 1. The first-order valence-corrected chi connectivity index (χ1v) is 5.72. The van der Waals surface area contributed by atoms with E-state index in [0.29, 0.717) is 18.4 Å². The maximum atomic E-state index is 10.7. The summed E-state index contributed by atoms with van der Waals surface area (Å²) in [6.07, 6.45) is -0.388. The van der Waals surface area contributed by atoms with E-state index < -0.39 is 12.0 Å². The van der Waals surface area contributed by atoms with Crippen molar-refractivity contribution in [2.75, 3.05) is 18.5 Å². The maximum Gasteiger partial charge on any atom is 0.248 e. The van der Waals surface area contributed by atoms with Gasteiger partial charge in [0.15, 0.2) is 0 Å². The van der Waals surface area contributed by atoms with Gasteiger partial charge in [-0.1, -0.05) is 6.92 Å². The molecule has 18 heavy (non-hydrogen) atoms. The van der Waals surface area contributed by atoms with Crippen LogP contribution in [-0.2, 0) is 4.79 Å². The molecule has 0 saturated heterocycles. The molecule has 0 spiro atoms. The first-order chi connectivity index (χ1) is 8.52. The minimum atomic E-state index is -1.27. The van der Waals surface area contributed by atoms with Gasteiger partial charge >= 0.3 is 0 Å². The highest BCUT2D eigenvalue weighted by Gasteiger charge is 2.11. The van der Waals surface area contributed by atoms with Crippen molar-refractivity contribution in [2.45, 2.75) is 26.4 Å². The molecule has 0 fully saturated rings. The molecular formula is C11H18N4O3. The van der Waals surface area contributed by atoms with Crippen LogP contribution >= 0.6 is 0 Å². The molecule has 1 aromatic heterocycles. The molecule has 7 heteroatoms. The van der Waals surface area contributed by atoms with Crippen molar-refractivity contribution in [1.29, 1.82) is 0 Å². The van der Waals surface area contributed by atoms with Crippen LogP contribution in [0.1, 0.15) is 19.0 Å². The van der Waals surface area contributed by atoms with Crippen molar-refractivity contribution >= 4 is 11.9 Å². The van der Waals surface area contributed by atoms with Crippen molar-refractivity contribution in [2.24, 2.45) is 5.73 Å². The zero-order valence-corrected chi connectivity index (χ0v) is 10.5. The van der Waals surface area contributed by atoms with E-state index in [4.69, 9.17) is 10.5 Å². The number of nitrogens with one attached hydrogen (secondary N) is 1. The van der Waals surface area contributed by atoms with Gasteiger partial charge in [0.1, 0.15) is 6.10 Å². The molecule has 7 nitrogen and oxygen atoms in total. The third-order valence-electron chi connectivity index (χ3n) is 2.07. The second-order valence-electron chi connectivity index (χ2n) is 3.82. The Morgan fingerprint density at radius 1 is 1.61 bits per heavy atom. The highest BCUT2D eigenvalue weighted by molar-refractivity contribution is 5.79. The Hall–Kier alpha value is -1.89. The van der Waals surface area contributed by atoms with E-state index in [1.165, 1.54) is 0 Å². The fourth-order valence-corrected chi connectivity index (χ4v) is 1.19. The molecule has 0 bridgehead atoms. The van der Waals surface area contributed by atoms with Gasteiger partial charge in [0, 0.05) is 11.8 Å². The number of nitrogens with two attached hydrogens (primary N) is 1. The van der Waals surface area contributed by atoms with E-state index in [2.05, 4.69) is 15.3 Å². The monoisotopic (exact) mass is 254 g/mol. The van der Waals surface area contributed by atoms with Gasteiger partial charge in [0.05, 0.1) is 13.2 Å². The minimum Gasteiger partial charge on any atom is -0.478 e. The van der Waals surface area contributed by atoms with E-state index in [1.807, 2.05) is 6.92 Å². The topological polar surface area (TPSA) is 110 Å². The van der Waals surface area contributed by atoms with Crippen LogP contribution in [-0.4, -0.2) is 40.2 Å². The lowest BCUT2D eigenvalue weighted by Gasteiger charge is -2.10. The average molecular weight is 254 g/mol. The first-order valence-electron chi connectivity index (χ1n) is 5.72. The fraction of sp³-hybridized carbons (Fsp3) is 0.545. The number of anilines is 1. The molecule has 1 amide bonds. The lowest BCUT2D eigenvalue weighted by molar-refractivity contribution is -0.125. The Labute approximate surface area is 105 Å². The number of aliphatic hydroxyl groups is 1. The summed E-state index contributed by atoms with van der Waals surface area (Å²) in [4.78, 5) is 18.9. The summed E-state index contributed by atoms with van der Waals surface area (Å²) in [5.74, 6) is -0.0422. The van der Waals surface area contributed by atoms with Crippen molar-refractivity contribution in [3.63, 3.8) is 0 Å². The van der Waals surface area contributed by atoms with Gasteiger partial charge in [-0.15, -0.1) is 0 Å². The molecule has 1 rings (SSSR count). The van der Waals surface area contributed by atoms with E-state index >= 15 is 0 Å². The third kappa shape index (κ3) is 4.54. The van der Waals surface area contributed by atoms with Gasteiger partial charge in [0.2, 0.25) is 17.7 Å². The fourth-order valence-electron chi connectivity index (χ4n) is 1.19. The highest BCUT2D eigenvalue weighted by atomic mass is 16.5. The standard InChI is InChI=1S/C11H18N4O3/c1-3-4-18-9-5-7(2)14-11(15-9)13-6-8(16)10(12)17/h5,8,16H,3-4,6H2,1-2H3,(H2,12,17)(H,13,14,15). The molecule has 0 aliphatic heterocycles. The quantitative estimate of drug-likeness (QED) is 0.623. The summed E-state index contributed by atoms with van der Waals surface area (Å²) in [7, 11) is 0. The molecule has 0 radical (unpaired) electrons. The molecule has 1 aromatic rings. The maximum absolute atomic E-state index is 10.7. The zero-order chi connectivity index (χ0) is 13.5. The Morgan fingerprint density at radius 2 is 2.33 bits per heavy atom. The normalized spacial score (nSPS) is 11.9. The molecule has 0 saturated carbocycles. The van der Waals surface area contributed by atoms with Crippen molar-refractivity contribution in [3.8, 4) is 5.88 Å². The summed E-state index contributed by atoms with van der Waals surface area (Å²) in [6.45, 7) is 4.33. The molecule has 0 aromatic carbocycles. The van der Waals surface area contributed by atoms with E-state index in [-0.39, 0.29) is 6.54 Å². The molecule has 1 heterocycles. The van der Waals surface area contributed by atoms with Crippen LogP contribution < -0.4 is 15.8 Å². The average Bonchev–Trinajstić information content (AvgIpc) is 2.32. The van der Waals surface area contributed by atoms with E-state index in [0.717, 1.165) is 12.1 Å². The van der Waals surface area contributed by atoms with Gasteiger partial charge < -0.3 is 20.9 Å². The number of hydrogen-bond donors (Lipinski definition) is 3. The number of ether oxygens (including phenoxy) is 1. The van der Waals surface area contributed by atoms with Crippen molar-refractivity contribution in [1.82, 2.24) is 9.97 Å². The van der Waals surface area contributed by atoms with Gasteiger partial charge in [-0.3, -0.25) is 4.79 Å². The molecule has 0 aliphatic carbocycles. The van der Waals surface area contributed by atoms with Crippen molar-refractivity contribution in [3.05, 3.63) is 11.8 Å². The van der Waals surface area contributed by atoms with Gasteiger partial charge in [-0.25, -0.2) is 4.98 Å². The summed E-state index contributed by atoms with van der Waals surface area (Å²) >= 11 is 0. The SMILES string of the molecule is CCCOc1cc(C)nc(NCC(O)C(N)=O)n1. The van der Waals surface area contributed by atoms with Crippen LogP contribution in [0.2, 0.25) is 0 Å².